The number of carbonyl (C=O) groups is 1. The number of ketones is 1. The van der Waals surface area contributed by atoms with Gasteiger partial charge in [0.2, 0.25) is 0 Å². The first-order chi connectivity index (χ1) is 15.4. The Balaban J connectivity index is 1.59. The van der Waals surface area contributed by atoms with Crippen molar-refractivity contribution in [1.29, 1.82) is 0 Å². The molecule has 3 aromatic rings. The Labute approximate surface area is 190 Å². The fourth-order valence-corrected chi connectivity index (χ4v) is 5.39. The zero-order valence-corrected chi connectivity index (χ0v) is 18.8. The SMILES string of the molecule is CC1(C)CC(=O)C2=C(C1)Nc1nc(SCc3ccccc3)[nH]c(=O)c1[C@H]2c1ccncc1. The van der Waals surface area contributed by atoms with E-state index in [1.54, 1.807) is 12.4 Å². The molecule has 1 atom stereocenters. The first-order valence-corrected chi connectivity index (χ1v) is 11.6. The predicted molar refractivity (Wildman–Crippen MR) is 126 cm³/mol. The van der Waals surface area contributed by atoms with Gasteiger partial charge in [0.15, 0.2) is 10.9 Å². The number of aromatic amines is 1. The number of nitrogens with zero attached hydrogens (tertiary/aromatic N) is 2. The number of rotatable bonds is 4. The van der Waals surface area contributed by atoms with Gasteiger partial charge < -0.3 is 10.3 Å². The third kappa shape index (κ3) is 3.88. The van der Waals surface area contributed by atoms with Crippen molar-refractivity contribution in [2.45, 2.75) is 43.5 Å². The second kappa shape index (κ2) is 8.06. The van der Waals surface area contributed by atoms with Crippen LogP contribution in [-0.2, 0) is 10.5 Å². The molecule has 162 valence electrons. The summed E-state index contributed by atoms with van der Waals surface area (Å²) in [6.45, 7) is 4.19. The van der Waals surface area contributed by atoms with E-state index in [2.05, 4.69) is 29.1 Å². The van der Waals surface area contributed by atoms with E-state index in [4.69, 9.17) is 4.98 Å². The molecule has 1 aromatic carbocycles. The van der Waals surface area contributed by atoms with E-state index in [1.807, 2.05) is 42.5 Å². The minimum absolute atomic E-state index is 0.0816. The van der Waals surface area contributed by atoms with Crippen LogP contribution >= 0.6 is 11.8 Å². The molecule has 0 saturated carbocycles. The maximum absolute atomic E-state index is 13.3. The molecule has 6 nitrogen and oxygen atoms in total. The first kappa shape index (κ1) is 20.7. The number of anilines is 1. The first-order valence-electron chi connectivity index (χ1n) is 10.7. The Bertz CT molecular complexity index is 1270. The normalized spacial score (nSPS) is 19.2. The third-order valence-electron chi connectivity index (χ3n) is 5.96. The number of carbonyl (C=O) groups excluding carboxylic acids is 1. The highest BCUT2D eigenvalue weighted by molar-refractivity contribution is 7.98. The number of thioether (sulfide) groups is 1. The Morgan fingerprint density at radius 1 is 1.06 bits per heavy atom. The van der Waals surface area contributed by atoms with Crippen LogP contribution in [0.15, 0.2) is 76.1 Å². The van der Waals surface area contributed by atoms with Gasteiger partial charge in [0.1, 0.15) is 5.82 Å². The molecule has 2 N–H and O–H groups in total. The fourth-order valence-electron chi connectivity index (χ4n) is 4.58. The molecule has 1 aliphatic heterocycles. The number of Topliss-reactive ketones (excluding diaryl/α,β-unsaturated/α-hetero) is 1. The summed E-state index contributed by atoms with van der Waals surface area (Å²) in [6, 6.07) is 13.8. The maximum atomic E-state index is 13.3. The summed E-state index contributed by atoms with van der Waals surface area (Å²) in [5.41, 5.74) is 3.72. The lowest BCUT2D eigenvalue weighted by molar-refractivity contribution is -0.118. The molecule has 2 aromatic heterocycles. The van der Waals surface area contributed by atoms with Gasteiger partial charge >= 0.3 is 0 Å². The number of allylic oxidation sites excluding steroid dienone is 2. The third-order valence-corrected chi connectivity index (χ3v) is 6.90. The highest BCUT2D eigenvalue weighted by Crippen LogP contribution is 2.47. The quantitative estimate of drug-likeness (QED) is 0.450. The largest absolute Gasteiger partial charge is 0.343 e. The van der Waals surface area contributed by atoms with Crippen molar-refractivity contribution in [3.8, 4) is 0 Å². The summed E-state index contributed by atoms with van der Waals surface area (Å²) >= 11 is 1.49. The van der Waals surface area contributed by atoms with Crippen LogP contribution in [0.1, 0.15) is 49.3 Å². The van der Waals surface area contributed by atoms with E-state index in [0.717, 1.165) is 23.2 Å². The lowest BCUT2D eigenvalue weighted by Gasteiger charge is -2.38. The van der Waals surface area contributed by atoms with Crippen LogP contribution in [0.3, 0.4) is 0 Å². The van der Waals surface area contributed by atoms with E-state index in [1.165, 1.54) is 11.8 Å². The molecule has 0 fully saturated rings. The van der Waals surface area contributed by atoms with Gasteiger partial charge in [-0.2, -0.15) is 0 Å². The summed E-state index contributed by atoms with van der Waals surface area (Å²) < 4.78 is 0. The van der Waals surface area contributed by atoms with Crippen molar-refractivity contribution in [3.05, 3.63) is 93.2 Å². The molecule has 0 amide bonds. The van der Waals surface area contributed by atoms with E-state index in [-0.39, 0.29) is 16.8 Å². The number of fused-ring (bicyclic) bond motifs is 1. The molecule has 0 radical (unpaired) electrons. The van der Waals surface area contributed by atoms with Crippen molar-refractivity contribution >= 4 is 23.4 Å². The van der Waals surface area contributed by atoms with Crippen LogP contribution in [-0.4, -0.2) is 20.7 Å². The van der Waals surface area contributed by atoms with Crippen LogP contribution < -0.4 is 10.9 Å². The van der Waals surface area contributed by atoms with Crippen molar-refractivity contribution in [2.24, 2.45) is 5.41 Å². The maximum Gasteiger partial charge on any atom is 0.257 e. The number of hydrogen-bond donors (Lipinski definition) is 2. The van der Waals surface area contributed by atoms with Gasteiger partial charge in [0, 0.05) is 41.8 Å². The molecule has 0 saturated heterocycles. The zero-order chi connectivity index (χ0) is 22.3. The van der Waals surface area contributed by atoms with Crippen LogP contribution in [0.4, 0.5) is 5.82 Å². The second-order valence-electron chi connectivity index (χ2n) is 9.08. The fraction of sp³-hybridized carbons (Fsp3) is 0.280. The predicted octanol–water partition coefficient (Wildman–Crippen LogP) is 4.66. The highest BCUT2D eigenvalue weighted by atomic mass is 32.2. The van der Waals surface area contributed by atoms with Gasteiger partial charge in [-0.15, -0.1) is 0 Å². The van der Waals surface area contributed by atoms with Gasteiger partial charge in [-0.3, -0.25) is 14.6 Å². The Kier molecular flexibility index (Phi) is 5.21. The smallest absolute Gasteiger partial charge is 0.257 e. The van der Waals surface area contributed by atoms with Gasteiger partial charge in [0.05, 0.1) is 5.56 Å². The number of aromatic nitrogens is 3. The minimum atomic E-state index is -0.447. The highest BCUT2D eigenvalue weighted by Gasteiger charge is 2.42. The Morgan fingerprint density at radius 2 is 1.81 bits per heavy atom. The van der Waals surface area contributed by atoms with Gasteiger partial charge in [-0.25, -0.2) is 4.98 Å². The van der Waals surface area contributed by atoms with Crippen molar-refractivity contribution < 1.29 is 4.79 Å². The molecule has 0 spiro atoms. The van der Waals surface area contributed by atoms with Gasteiger partial charge in [-0.05, 0) is 35.1 Å². The molecule has 2 aliphatic rings. The molecular weight excluding hydrogens is 420 g/mol. The minimum Gasteiger partial charge on any atom is -0.343 e. The molecular formula is C25H24N4O2S. The van der Waals surface area contributed by atoms with Crippen LogP contribution in [0, 0.1) is 5.41 Å². The van der Waals surface area contributed by atoms with Crippen LogP contribution in [0.25, 0.3) is 0 Å². The lowest BCUT2D eigenvalue weighted by Crippen LogP contribution is -2.37. The van der Waals surface area contributed by atoms with Gasteiger partial charge in [0.25, 0.3) is 5.56 Å². The van der Waals surface area contributed by atoms with E-state index < -0.39 is 5.92 Å². The van der Waals surface area contributed by atoms with E-state index >= 15 is 0 Å². The monoisotopic (exact) mass is 444 g/mol. The van der Waals surface area contributed by atoms with Crippen molar-refractivity contribution in [2.75, 3.05) is 5.32 Å². The number of H-pyrrole nitrogens is 1. The molecule has 32 heavy (non-hydrogen) atoms. The molecule has 0 bridgehead atoms. The van der Waals surface area contributed by atoms with E-state index in [9.17, 15) is 9.59 Å². The molecule has 7 heteroatoms. The second-order valence-corrected chi connectivity index (χ2v) is 10.0. The summed E-state index contributed by atoms with van der Waals surface area (Å²) in [4.78, 5) is 38.3. The standard InChI is InChI=1S/C25H24N4O2S/c1-25(2)12-17-20(18(30)13-25)19(16-8-10-26-11-9-16)21-22(27-17)28-24(29-23(21)31)32-14-15-6-4-3-5-7-15/h3-11,19H,12-14H2,1-2H3,(H2,27,28,29,31)/t19-/m0/s1. The van der Waals surface area contributed by atoms with Crippen LogP contribution in [0.2, 0.25) is 0 Å². The van der Waals surface area contributed by atoms with Crippen LogP contribution in [0.5, 0.6) is 0 Å². The number of benzene rings is 1. The summed E-state index contributed by atoms with van der Waals surface area (Å²) in [5, 5.41) is 3.92. The summed E-state index contributed by atoms with van der Waals surface area (Å²) in [6.07, 6.45) is 4.58. The zero-order valence-electron chi connectivity index (χ0n) is 18.0. The van der Waals surface area contributed by atoms with Gasteiger partial charge in [-0.1, -0.05) is 55.9 Å². The Hall–Kier alpha value is -3.19. The summed E-state index contributed by atoms with van der Waals surface area (Å²) in [7, 11) is 0. The molecule has 5 rings (SSSR count). The average Bonchev–Trinajstić information content (AvgIpc) is 2.77. The molecule has 1 aliphatic carbocycles. The molecule has 0 unspecified atom stereocenters. The topological polar surface area (TPSA) is 87.7 Å². The Morgan fingerprint density at radius 3 is 2.56 bits per heavy atom. The number of pyridine rings is 1. The number of hydrogen-bond acceptors (Lipinski definition) is 6. The summed E-state index contributed by atoms with van der Waals surface area (Å²) in [5.74, 6) is 0.876. The van der Waals surface area contributed by atoms with E-state index in [0.29, 0.717) is 34.3 Å². The lowest BCUT2D eigenvalue weighted by atomic mass is 9.69. The van der Waals surface area contributed by atoms with Crippen molar-refractivity contribution in [1.82, 2.24) is 15.0 Å². The molecule has 3 heterocycles. The number of nitrogens with one attached hydrogen (secondary N) is 2. The average molecular weight is 445 g/mol. The van der Waals surface area contributed by atoms with Crippen molar-refractivity contribution in [3.63, 3.8) is 0 Å².